The molecule has 1 aromatic rings. The van der Waals surface area contributed by atoms with Gasteiger partial charge in [-0.15, -0.1) is 6.58 Å². The van der Waals surface area contributed by atoms with Crippen LogP contribution in [0, 0.1) is 11.3 Å². The van der Waals surface area contributed by atoms with Crippen molar-refractivity contribution in [2.24, 2.45) is 16.6 Å². The van der Waals surface area contributed by atoms with Crippen LogP contribution in [0.25, 0.3) is 0 Å². The molecule has 3 rings (SSSR count). The summed E-state index contributed by atoms with van der Waals surface area (Å²) in [7, 11) is 1.66. The van der Waals surface area contributed by atoms with Gasteiger partial charge in [0.05, 0.1) is 25.9 Å². The number of fused-ring (bicyclic) bond motifs is 1. The number of hydrogen-bond acceptors (Lipinski definition) is 5. The smallest absolute Gasteiger partial charge is 0.124 e. The zero-order valence-electron chi connectivity index (χ0n) is 20.4. The number of nitrogens with one attached hydrogen (secondary N) is 1. The number of hydrogen-bond donors (Lipinski definition) is 2. The lowest BCUT2D eigenvalue weighted by molar-refractivity contribution is 0.129. The van der Waals surface area contributed by atoms with Gasteiger partial charge in [-0.05, 0) is 54.2 Å². The first-order valence-electron chi connectivity index (χ1n) is 11.7. The van der Waals surface area contributed by atoms with Gasteiger partial charge in [0, 0.05) is 33.0 Å². The fourth-order valence-electron chi connectivity index (χ4n) is 4.13. The van der Waals surface area contributed by atoms with E-state index >= 15 is 0 Å². The molecule has 7 nitrogen and oxygen atoms in total. The minimum Gasteiger partial charge on any atom is -0.490 e. The van der Waals surface area contributed by atoms with Crippen molar-refractivity contribution in [3.8, 4) is 5.75 Å². The van der Waals surface area contributed by atoms with Crippen LogP contribution in [-0.4, -0.2) is 55.5 Å². The topological polar surface area (TPSA) is 93.2 Å². The Morgan fingerprint density at radius 3 is 2.64 bits per heavy atom. The van der Waals surface area contributed by atoms with E-state index in [1.54, 1.807) is 7.11 Å². The van der Waals surface area contributed by atoms with Crippen LogP contribution >= 0.6 is 0 Å². The molecular weight excluding hydrogens is 416 g/mol. The van der Waals surface area contributed by atoms with Crippen molar-refractivity contribution >= 4 is 11.7 Å². The lowest BCUT2D eigenvalue weighted by Gasteiger charge is -2.34. The molecule has 0 aliphatic carbocycles. The number of nitrogens with zero attached hydrogens (tertiary/aromatic N) is 2. The normalized spacial score (nSPS) is 19.5. The molecule has 3 N–H and O–H groups in total. The number of ether oxygens (including phenoxy) is 3. The second-order valence-corrected chi connectivity index (χ2v) is 8.96. The average molecular weight is 455 g/mol. The maximum atomic E-state index is 8.73. The highest BCUT2D eigenvalue weighted by atomic mass is 16.5. The largest absolute Gasteiger partial charge is 0.490 e. The van der Waals surface area contributed by atoms with Crippen LogP contribution in [0.1, 0.15) is 44.7 Å². The number of nitrogens with two attached hydrogens (primary N) is 1. The third kappa shape index (κ3) is 6.24. The summed E-state index contributed by atoms with van der Waals surface area (Å²) in [6.07, 6.45) is 3.76. The molecule has 2 atom stereocenters. The minimum absolute atomic E-state index is 0.0943. The molecule has 0 aromatic heterocycles. The number of likely N-dealkylation sites (tertiary alicyclic amines) is 1. The van der Waals surface area contributed by atoms with E-state index in [1.165, 1.54) is 11.1 Å². The van der Waals surface area contributed by atoms with Gasteiger partial charge in [-0.3, -0.25) is 10.4 Å². The Morgan fingerprint density at radius 2 is 1.97 bits per heavy atom. The van der Waals surface area contributed by atoms with Crippen LogP contribution < -0.4 is 10.5 Å². The summed E-state index contributed by atoms with van der Waals surface area (Å²) in [5, 5.41) is 8.73. The van der Waals surface area contributed by atoms with Gasteiger partial charge >= 0.3 is 0 Å². The molecule has 33 heavy (non-hydrogen) atoms. The fourth-order valence-corrected chi connectivity index (χ4v) is 4.13. The molecule has 0 radical (unpaired) electrons. The van der Waals surface area contributed by atoms with E-state index < -0.39 is 0 Å². The van der Waals surface area contributed by atoms with Gasteiger partial charge in [0.2, 0.25) is 0 Å². The Hall–Kier alpha value is -2.64. The van der Waals surface area contributed by atoms with E-state index in [-0.39, 0.29) is 18.1 Å². The number of rotatable bonds is 9. The first-order chi connectivity index (χ1) is 15.8. The highest BCUT2D eigenvalue weighted by Crippen LogP contribution is 2.27. The molecule has 7 heteroatoms. The minimum atomic E-state index is -0.0943. The number of amidine groups is 2. The Kier molecular flexibility index (Phi) is 8.69. The van der Waals surface area contributed by atoms with Gasteiger partial charge in [-0.25, -0.2) is 0 Å². The second-order valence-electron chi connectivity index (χ2n) is 8.96. The maximum absolute atomic E-state index is 8.73. The van der Waals surface area contributed by atoms with Crippen LogP contribution in [0.3, 0.4) is 0 Å². The highest BCUT2D eigenvalue weighted by Gasteiger charge is 2.24. The lowest BCUT2D eigenvalue weighted by atomic mass is 10.0. The molecule has 1 aromatic carbocycles. The van der Waals surface area contributed by atoms with Crippen LogP contribution in [0.15, 0.2) is 47.0 Å². The molecule has 2 unspecified atom stereocenters. The summed E-state index contributed by atoms with van der Waals surface area (Å²) < 4.78 is 17.0. The molecule has 0 spiro atoms. The Bertz CT molecular complexity index is 916. The number of aliphatic imine (C=N–C) groups is 1. The average Bonchev–Trinajstić information content (AvgIpc) is 3.30. The third-order valence-corrected chi connectivity index (χ3v) is 6.68. The maximum Gasteiger partial charge on any atom is 0.124 e. The van der Waals surface area contributed by atoms with Crippen LogP contribution in [-0.2, 0) is 22.7 Å². The quantitative estimate of drug-likeness (QED) is 0.333. The fraction of sp³-hybridized carbons (Fsp3) is 0.538. The summed E-state index contributed by atoms with van der Waals surface area (Å²) in [5.74, 6) is 2.00. The standard InChI is InChI=1S/C26H38N4O3/c1-6-17(2)24(16-31-5)29-25(27)18(3)19(4)26(28)30-11-9-22(10-12-30)33-23-8-7-20-14-32-15-21(20)13-23/h6-8,13,17,22,24,28H,1,9-12,14-16H2,2-5H3,(H2,27,29)/b19-18-,28-26?. The van der Waals surface area contributed by atoms with Gasteiger partial charge in [-0.2, -0.15) is 0 Å². The Morgan fingerprint density at radius 1 is 1.27 bits per heavy atom. The Balaban J connectivity index is 1.58. The zero-order chi connectivity index (χ0) is 24.0. The van der Waals surface area contributed by atoms with Gasteiger partial charge in [0.25, 0.3) is 0 Å². The summed E-state index contributed by atoms with van der Waals surface area (Å²) in [5.41, 5.74) is 10.5. The molecule has 1 saturated heterocycles. The monoisotopic (exact) mass is 454 g/mol. The van der Waals surface area contributed by atoms with Crippen LogP contribution in [0.4, 0.5) is 0 Å². The Labute approximate surface area is 197 Å². The van der Waals surface area contributed by atoms with Gasteiger partial charge < -0.3 is 24.8 Å². The van der Waals surface area contributed by atoms with Crippen molar-refractivity contribution in [1.82, 2.24) is 4.90 Å². The molecule has 2 aliphatic heterocycles. The predicted octanol–water partition coefficient (Wildman–Crippen LogP) is 4.07. The first-order valence-corrected chi connectivity index (χ1v) is 11.7. The highest BCUT2D eigenvalue weighted by molar-refractivity contribution is 6.06. The zero-order valence-corrected chi connectivity index (χ0v) is 20.4. The van der Waals surface area contributed by atoms with E-state index in [2.05, 4.69) is 28.6 Å². The van der Waals surface area contributed by atoms with E-state index in [9.17, 15) is 0 Å². The molecule has 1 fully saturated rings. The van der Waals surface area contributed by atoms with Crippen molar-refractivity contribution in [3.63, 3.8) is 0 Å². The van der Waals surface area contributed by atoms with Crippen molar-refractivity contribution in [2.45, 2.75) is 59.0 Å². The van der Waals surface area contributed by atoms with Gasteiger partial charge in [-0.1, -0.05) is 19.1 Å². The summed E-state index contributed by atoms with van der Waals surface area (Å²) in [6.45, 7) is 13.2. The van der Waals surface area contributed by atoms with Gasteiger partial charge in [0.1, 0.15) is 23.5 Å². The summed E-state index contributed by atoms with van der Waals surface area (Å²) in [6, 6.07) is 6.13. The van der Waals surface area contributed by atoms with Crippen molar-refractivity contribution in [1.29, 1.82) is 5.41 Å². The molecule has 0 saturated carbocycles. The molecular formula is C26H38N4O3. The van der Waals surface area contributed by atoms with Crippen LogP contribution in [0.5, 0.6) is 5.75 Å². The van der Waals surface area contributed by atoms with Crippen molar-refractivity contribution in [3.05, 3.63) is 53.1 Å². The molecule has 2 aliphatic rings. The predicted molar refractivity (Wildman–Crippen MR) is 133 cm³/mol. The van der Waals surface area contributed by atoms with E-state index in [4.69, 9.17) is 25.4 Å². The van der Waals surface area contributed by atoms with E-state index in [1.807, 2.05) is 32.9 Å². The third-order valence-electron chi connectivity index (χ3n) is 6.68. The van der Waals surface area contributed by atoms with Crippen molar-refractivity contribution in [2.75, 3.05) is 26.8 Å². The van der Waals surface area contributed by atoms with Crippen molar-refractivity contribution < 1.29 is 14.2 Å². The van der Waals surface area contributed by atoms with Gasteiger partial charge in [0.15, 0.2) is 0 Å². The van der Waals surface area contributed by atoms with E-state index in [0.717, 1.165) is 42.8 Å². The molecule has 180 valence electrons. The molecule has 0 amide bonds. The number of benzene rings is 1. The lowest BCUT2D eigenvalue weighted by Crippen LogP contribution is -2.42. The number of methoxy groups -OCH3 is 1. The SMILES string of the molecule is C=CC(C)C(COC)N=C(N)/C(C)=C(/C)C(=N)N1CCC(Oc2ccc3c(c2)COC3)CC1. The number of piperidine rings is 1. The second kappa shape index (κ2) is 11.5. The summed E-state index contributed by atoms with van der Waals surface area (Å²) >= 11 is 0. The van der Waals surface area contributed by atoms with Crippen LogP contribution in [0.2, 0.25) is 0 Å². The molecule has 0 bridgehead atoms. The molecule has 2 heterocycles. The van der Waals surface area contributed by atoms with E-state index in [0.29, 0.717) is 31.5 Å². The summed E-state index contributed by atoms with van der Waals surface area (Å²) in [4.78, 5) is 6.76. The first kappa shape index (κ1) is 25.0.